The number of nitrogens with zero attached hydrogens (tertiary/aromatic N) is 1. The third kappa shape index (κ3) is 3.46. The Kier molecular flexibility index (Phi) is 5.07. The summed E-state index contributed by atoms with van der Waals surface area (Å²) in [5.74, 6) is 0.793. The Hall–Kier alpha value is -0.0800. The lowest BCUT2D eigenvalue weighted by atomic mass is 9.70. The molecule has 90 valence electrons. The fraction of sp³-hybridized carbons (Fsp3) is 1.00. The molecule has 1 rings (SSSR count). The predicted molar refractivity (Wildman–Crippen MR) is 64.9 cm³/mol. The van der Waals surface area contributed by atoms with E-state index in [4.69, 9.17) is 0 Å². The topological polar surface area (TPSA) is 23.5 Å². The quantitative estimate of drug-likeness (QED) is 0.758. The van der Waals surface area contributed by atoms with Crippen LogP contribution >= 0.6 is 0 Å². The van der Waals surface area contributed by atoms with E-state index in [1.807, 2.05) is 0 Å². The van der Waals surface area contributed by atoms with Crippen LogP contribution in [0.2, 0.25) is 0 Å². The Morgan fingerprint density at radius 2 is 2.00 bits per heavy atom. The molecule has 15 heavy (non-hydrogen) atoms. The molecule has 0 heterocycles. The summed E-state index contributed by atoms with van der Waals surface area (Å²) in [6.07, 6.45) is 5.06. The van der Waals surface area contributed by atoms with Crippen LogP contribution in [0.1, 0.15) is 46.5 Å². The second-order valence-corrected chi connectivity index (χ2v) is 5.32. The molecule has 0 spiro atoms. The molecule has 0 aromatic carbocycles. The highest BCUT2D eigenvalue weighted by atomic mass is 16.3. The van der Waals surface area contributed by atoms with Crippen LogP contribution in [-0.2, 0) is 0 Å². The van der Waals surface area contributed by atoms with Gasteiger partial charge in [0.2, 0.25) is 0 Å². The van der Waals surface area contributed by atoms with Gasteiger partial charge < -0.3 is 10.0 Å². The summed E-state index contributed by atoms with van der Waals surface area (Å²) < 4.78 is 0. The van der Waals surface area contributed by atoms with E-state index in [0.29, 0.717) is 6.61 Å². The van der Waals surface area contributed by atoms with E-state index < -0.39 is 0 Å². The summed E-state index contributed by atoms with van der Waals surface area (Å²) in [6, 6.07) is 0. The lowest BCUT2D eigenvalue weighted by molar-refractivity contribution is 0.0267. The fourth-order valence-corrected chi connectivity index (χ4v) is 3.03. The highest BCUT2D eigenvalue weighted by molar-refractivity contribution is 4.87. The molecule has 0 aliphatic heterocycles. The van der Waals surface area contributed by atoms with Crippen LogP contribution in [0.5, 0.6) is 0 Å². The molecule has 2 heteroatoms. The van der Waals surface area contributed by atoms with Crippen molar-refractivity contribution < 1.29 is 5.11 Å². The number of rotatable bonds is 5. The summed E-state index contributed by atoms with van der Waals surface area (Å²) in [5, 5.41) is 9.67. The van der Waals surface area contributed by atoms with Crippen LogP contribution in [-0.4, -0.2) is 36.2 Å². The van der Waals surface area contributed by atoms with E-state index in [2.05, 4.69) is 25.7 Å². The third-order valence-electron chi connectivity index (χ3n) is 3.97. The van der Waals surface area contributed by atoms with Crippen molar-refractivity contribution in [2.75, 3.05) is 26.2 Å². The standard InChI is InChI=1S/C13H27NO/c1-4-14(5-2)10-13(11-15)8-6-7-12(3)9-13/h12,15H,4-11H2,1-3H3. The normalized spacial score (nSPS) is 32.2. The maximum Gasteiger partial charge on any atom is 0.0499 e. The molecule has 1 aliphatic carbocycles. The molecule has 0 radical (unpaired) electrons. The molecule has 2 atom stereocenters. The van der Waals surface area contributed by atoms with E-state index in [1.165, 1.54) is 25.7 Å². The highest BCUT2D eigenvalue weighted by Crippen LogP contribution is 2.39. The van der Waals surface area contributed by atoms with E-state index in [9.17, 15) is 5.11 Å². The minimum absolute atomic E-state index is 0.198. The molecule has 0 amide bonds. The Morgan fingerprint density at radius 1 is 1.33 bits per heavy atom. The van der Waals surface area contributed by atoms with Crippen molar-refractivity contribution in [2.24, 2.45) is 11.3 Å². The molecule has 1 aliphatic rings. The molecule has 0 aromatic heterocycles. The molecule has 1 fully saturated rings. The first kappa shape index (κ1) is 13.0. The highest BCUT2D eigenvalue weighted by Gasteiger charge is 2.35. The van der Waals surface area contributed by atoms with Gasteiger partial charge in [0, 0.05) is 18.6 Å². The van der Waals surface area contributed by atoms with Crippen molar-refractivity contribution in [3.63, 3.8) is 0 Å². The van der Waals surface area contributed by atoms with Crippen LogP contribution in [0.15, 0.2) is 0 Å². The van der Waals surface area contributed by atoms with Crippen molar-refractivity contribution in [3.05, 3.63) is 0 Å². The summed E-state index contributed by atoms with van der Waals surface area (Å²) in [4.78, 5) is 2.45. The first-order valence-electron chi connectivity index (χ1n) is 6.49. The predicted octanol–water partition coefficient (Wildman–Crippen LogP) is 2.52. The monoisotopic (exact) mass is 213 g/mol. The molecule has 1 N–H and O–H groups in total. The minimum atomic E-state index is 0.198. The first-order valence-corrected chi connectivity index (χ1v) is 6.49. The van der Waals surface area contributed by atoms with E-state index in [0.717, 1.165) is 25.6 Å². The SMILES string of the molecule is CCN(CC)CC1(CO)CCCC(C)C1. The van der Waals surface area contributed by atoms with E-state index in [1.54, 1.807) is 0 Å². The Balaban J connectivity index is 2.58. The Morgan fingerprint density at radius 3 is 2.47 bits per heavy atom. The molecule has 0 aromatic rings. The summed E-state index contributed by atoms with van der Waals surface area (Å²) in [7, 11) is 0. The van der Waals surface area contributed by atoms with Gasteiger partial charge in [0.15, 0.2) is 0 Å². The molecular formula is C13H27NO. The molecule has 2 nitrogen and oxygen atoms in total. The zero-order valence-corrected chi connectivity index (χ0v) is 10.6. The van der Waals surface area contributed by atoms with Gasteiger partial charge in [-0.1, -0.05) is 33.6 Å². The van der Waals surface area contributed by atoms with Crippen LogP contribution in [0.3, 0.4) is 0 Å². The molecule has 1 saturated carbocycles. The van der Waals surface area contributed by atoms with Crippen molar-refractivity contribution in [2.45, 2.75) is 46.5 Å². The van der Waals surface area contributed by atoms with Crippen molar-refractivity contribution in [1.82, 2.24) is 4.90 Å². The van der Waals surface area contributed by atoms with Crippen LogP contribution in [0.25, 0.3) is 0 Å². The molecule has 0 bridgehead atoms. The summed E-state index contributed by atoms with van der Waals surface area (Å²) in [5.41, 5.74) is 0.198. The van der Waals surface area contributed by atoms with Gasteiger partial charge in [-0.15, -0.1) is 0 Å². The van der Waals surface area contributed by atoms with Gasteiger partial charge in [0.05, 0.1) is 0 Å². The van der Waals surface area contributed by atoms with Crippen LogP contribution < -0.4 is 0 Å². The van der Waals surface area contributed by atoms with E-state index in [-0.39, 0.29) is 5.41 Å². The zero-order chi connectivity index (χ0) is 11.3. The van der Waals surface area contributed by atoms with E-state index >= 15 is 0 Å². The lowest BCUT2D eigenvalue weighted by Crippen LogP contribution is -2.43. The van der Waals surface area contributed by atoms with Gasteiger partial charge in [-0.3, -0.25) is 0 Å². The second-order valence-electron chi connectivity index (χ2n) is 5.32. The van der Waals surface area contributed by atoms with Gasteiger partial charge in [0.1, 0.15) is 0 Å². The Labute approximate surface area is 94.7 Å². The fourth-order valence-electron chi connectivity index (χ4n) is 3.03. The summed E-state index contributed by atoms with van der Waals surface area (Å²) >= 11 is 0. The van der Waals surface area contributed by atoms with Gasteiger partial charge in [-0.25, -0.2) is 0 Å². The van der Waals surface area contributed by atoms with Crippen LogP contribution in [0, 0.1) is 11.3 Å². The largest absolute Gasteiger partial charge is 0.396 e. The van der Waals surface area contributed by atoms with Crippen molar-refractivity contribution in [1.29, 1.82) is 0 Å². The second kappa shape index (κ2) is 5.86. The van der Waals surface area contributed by atoms with Gasteiger partial charge >= 0.3 is 0 Å². The molecule has 2 unspecified atom stereocenters. The molecular weight excluding hydrogens is 186 g/mol. The minimum Gasteiger partial charge on any atom is -0.396 e. The molecule has 0 saturated heterocycles. The maximum atomic E-state index is 9.67. The number of aliphatic hydroxyl groups excluding tert-OH is 1. The average Bonchev–Trinajstić information content (AvgIpc) is 2.26. The average molecular weight is 213 g/mol. The van der Waals surface area contributed by atoms with Crippen molar-refractivity contribution in [3.8, 4) is 0 Å². The number of hydrogen-bond acceptors (Lipinski definition) is 2. The van der Waals surface area contributed by atoms with Crippen molar-refractivity contribution >= 4 is 0 Å². The Bertz CT molecular complexity index is 179. The third-order valence-corrected chi connectivity index (χ3v) is 3.97. The first-order chi connectivity index (χ1) is 7.15. The summed E-state index contributed by atoms with van der Waals surface area (Å²) in [6.45, 7) is 10.4. The number of aliphatic hydroxyl groups is 1. The van der Waals surface area contributed by atoms with Gasteiger partial charge in [-0.2, -0.15) is 0 Å². The van der Waals surface area contributed by atoms with Gasteiger partial charge in [0.25, 0.3) is 0 Å². The maximum absolute atomic E-state index is 9.67. The zero-order valence-electron chi connectivity index (χ0n) is 10.6. The van der Waals surface area contributed by atoms with Crippen LogP contribution in [0.4, 0.5) is 0 Å². The smallest absolute Gasteiger partial charge is 0.0499 e. The number of hydrogen-bond donors (Lipinski definition) is 1. The lowest BCUT2D eigenvalue weighted by Gasteiger charge is -2.41. The van der Waals surface area contributed by atoms with Gasteiger partial charge in [-0.05, 0) is 31.8 Å².